The van der Waals surface area contributed by atoms with Crippen molar-refractivity contribution in [2.75, 3.05) is 7.11 Å². The summed E-state index contributed by atoms with van der Waals surface area (Å²) in [7, 11) is 1.67. The molecule has 0 saturated heterocycles. The topological polar surface area (TPSA) is 50.6 Å². The van der Waals surface area contributed by atoms with E-state index in [0.29, 0.717) is 0 Å². The SMILES string of the molecule is COc1ccc(C[n+]2cc(Cc3ccc(O)cc3)n3cccnc32)cc1. The molecule has 0 aliphatic carbocycles. The molecule has 0 bridgehead atoms. The van der Waals surface area contributed by atoms with E-state index in [1.54, 1.807) is 19.2 Å². The van der Waals surface area contributed by atoms with Crippen LogP contribution in [0.2, 0.25) is 0 Å². The molecule has 4 aromatic rings. The van der Waals surface area contributed by atoms with Crippen molar-refractivity contribution in [2.45, 2.75) is 13.0 Å². The van der Waals surface area contributed by atoms with E-state index in [9.17, 15) is 5.11 Å². The molecule has 130 valence electrons. The van der Waals surface area contributed by atoms with E-state index in [-0.39, 0.29) is 5.75 Å². The minimum atomic E-state index is 0.282. The van der Waals surface area contributed by atoms with E-state index < -0.39 is 0 Å². The summed E-state index contributed by atoms with van der Waals surface area (Å²) in [4.78, 5) is 4.55. The Balaban J connectivity index is 1.67. The number of fused-ring (bicyclic) bond motifs is 1. The second-order valence-electron chi connectivity index (χ2n) is 6.23. The van der Waals surface area contributed by atoms with Crippen LogP contribution in [-0.4, -0.2) is 21.6 Å². The molecule has 0 aliphatic rings. The van der Waals surface area contributed by atoms with Crippen LogP contribution in [0.3, 0.4) is 0 Å². The normalized spacial score (nSPS) is 11.0. The summed E-state index contributed by atoms with van der Waals surface area (Å²) < 4.78 is 9.49. The lowest BCUT2D eigenvalue weighted by Gasteiger charge is -2.02. The maximum absolute atomic E-state index is 9.47. The lowest BCUT2D eigenvalue weighted by Crippen LogP contribution is -2.33. The van der Waals surface area contributed by atoms with E-state index in [4.69, 9.17) is 4.74 Å². The van der Waals surface area contributed by atoms with Crippen LogP contribution < -0.4 is 9.30 Å². The van der Waals surface area contributed by atoms with Gasteiger partial charge in [-0.3, -0.25) is 0 Å². The second-order valence-corrected chi connectivity index (χ2v) is 6.23. The van der Waals surface area contributed by atoms with E-state index in [0.717, 1.165) is 35.8 Å². The zero-order valence-electron chi connectivity index (χ0n) is 14.5. The van der Waals surface area contributed by atoms with Gasteiger partial charge in [0.25, 0.3) is 0 Å². The van der Waals surface area contributed by atoms with Crippen molar-refractivity contribution in [3.05, 3.63) is 90.0 Å². The molecule has 0 saturated carbocycles. The number of hydrogen-bond acceptors (Lipinski definition) is 3. The predicted molar refractivity (Wildman–Crippen MR) is 98.4 cm³/mol. The molecule has 0 aliphatic heterocycles. The number of methoxy groups -OCH3 is 1. The van der Waals surface area contributed by atoms with Crippen LogP contribution in [-0.2, 0) is 13.0 Å². The highest BCUT2D eigenvalue weighted by Gasteiger charge is 2.17. The summed E-state index contributed by atoms with van der Waals surface area (Å²) in [5.41, 5.74) is 3.47. The Bertz CT molecular complexity index is 1020. The first-order valence-electron chi connectivity index (χ1n) is 8.48. The number of ether oxygens (including phenoxy) is 1. The molecule has 1 N–H and O–H groups in total. The third-order valence-corrected chi connectivity index (χ3v) is 4.43. The fraction of sp³-hybridized carbons (Fsp3) is 0.143. The number of aromatic nitrogens is 3. The number of aromatic hydroxyl groups is 1. The maximum Gasteiger partial charge on any atom is 0.403 e. The Kier molecular flexibility index (Phi) is 4.27. The van der Waals surface area contributed by atoms with Crippen molar-refractivity contribution in [1.82, 2.24) is 9.38 Å². The Morgan fingerprint density at radius 1 is 1.04 bits per heavy atom. The number of imidazole rings is 1. The van der Waals surface area contributed by atoms with Gasteiger partial charge in [-0.2, -0.15) is 0 Å². The highest BCUT2D eigenvalue weighted by Crippen LogP contribution is 2.15. The smallest absolute Gasteiger partial charge is 0.403 e. The maximum atomic E-state index is 9.47. The standard InChI is InChI=1S/C21H19N3O2/c1-26-20-9-5-17(6-10-20)14-23-15-18(24-12-2-11-22-21(23)24)13-16-3-7-19(25)8-4-16/h2-12,15H,13-14H2,1H3/p+1. The molecule has 4 rings (SSSR count). The summed E-state index contributed by atoms with van der Waals surface area (Å²) in [6.07, 6.45) is 6.75. The Labute approximate surface area is 151 Å². The zero-order chi connectivity index (χ0) is 17.9. The van der Waals surface area contributed by atoms with Crippen LogP contribution >= 0.6 is 0 Å². The van der Waals surface area contributed by atoms with Crippen LogP contribution in [0, 0.1) is 0 Å². The third kappa shape index (κ3) is 3.24. The van der Waals surface area contributed by atoms with E-state index in [1.807, 2.05) is 42.7 Å². The van der Waals surface area contributed by atoms with E-state index in [1.165, 1.54) is 5.56 Å². The van der Waals surface area contributed by atoms with Gasteiger partial charge in [-0.25, -0.2) is 8.97 Å². The highest BCUT2D eigenvalue weighted by atomic mass is 16.5. The van der Waals surface area contributed by atoms with Gasteiger partial charge in [-0.1, -0.05) is 29.2 Å². The summed E-state index contributed by atoms with van der Waals surface area (Å²) in [6, 6.07) is 17.3. The molecule has 26 heavy (non-hydrogen) atoms. The molecule has 5 heteroatoms. The first-order chi connectivity index (χ1) is 12.7. The fourth-order valence-electron chi connectivity index (χ4n) is 3.10. The van der Waals surface area contributed by atoms with Crippen molar-refractivity contribution >= 4 is 5.78 Å². The quantitative estimate of drug-likeness (QED) is 0.565. The molecule has 0 radical (unpaired) electrons. The summed E-state index contributed by atoms with van der Waals surface area (Å²) in [5.74, 6) is 2.04. The summed E-state index contributed by atoms with van der Waals surface area (Å²) in [5, 5.41) is 9.47. The molecular formula is C21H20N3O2+. The van der Waals surface area contributed by atoms with Gasteiger partial charge < -0.3 is 9.84 Å². The number of phenolic OH excluding ortho intramolecular Hbond substituents is 1. The second kappa shape index (κ2) is 6.88. The molecule has 2 aromatic carbocycles. The molecule has 2 heterocycles. The molecule has 0 fully saturated rings. The number of nitrogens with zero attached hydrogens (tertiary/aromatic N) is 3. The van der Waals surface area contributed by atoms with Gasteiger partial charge in [-0.05, 0) is 35.4 Å². The van der Waals surface area contributed by atoms with Crippen molar-refractivity contribution in [2.24, 2.45) is 0 Å². The Morgan fingerprint density at radius 3 is 2.50 bits per heavy atom. The van der Waals surface area contributed by atoms with Crippen LogP contribution in [0.4, 0.5) is 0 Å². The van der Waals surface area contributed by atoms with E-state index >= 15 is 0 Å². The number of benzene rings is 2. The molecular weight excluding hydrogens is 326 g/mol. The average Bonchev–Trinajstić information content (AvgIpc) is 3.02. The third-order valence-electron chi connectivity index (χ3n) is 4.43. The van der Waals surface area contributed by atoms with Crippen molar-refractivity contribution in [1.29, 1.82) is 0 Å². The van der Waals surface area contributed by atoms with Gasteiger partial charge in [0.2, 0.25) is 0 Å². The minimum Gasteiger partial charge on any atom is -0.508 e. The van der Waals surface area contributed by atoms with Gasteiger partial charge in [0, 0.05) is 12.5 Å². The van der Waals surface area contributed by atoms with Crippen LogP contribution in [0.25, 0.3) is 5.78 Å². The molecule has 0 atom stereocenters. The Morgan fingerprint density at radius 2 is 1.77 bits per heavy atom. The summed E-state index contributed by atoms with van der Waals surface area (Å²) >= 11 is 0. The number of hydrogen-bond donors (Lipinski definition) is 1. The van der Waals surface area contributed by atoms with Gasteiger partial charge >= 0.3 is 5.78 Å². The largest absolute Gasteiger partial charge is 0.508 e. The number of phenols is 1. The Hall–Kier alpha value is -3.34. The van der Waals surface area contributed by atoms with Crippen LogP contribution in [0.15, 0.2) is 73.2 Å². The first kappa shape index (κ1) is 16.1. The van der Waals surface area contributed by atoms with Crippen LogP contribution in [0.5, 0.6) is 11.5 Å². The predicted octanol–water partition coefficient (Wildman–Crippen LogP) is 2.98. The molecule has 5 nitrogen and oxygen atoms in total. The molecule has 0 amide bonds. The fourth-order valence-corrected chi connectivity index (χ4v) is 3.10. The lowest BCUT2D eigenvalue weighted by molar-refractivity contribution is -0.664. The van der Waals surface area contributed by atoms with Crippen LogP contribution in [0.1, 0.15) is 16.8 Å². The number of rotatable bonds is 5. The molecule has 2 aromatic heterocycles. The zero-order valence-corrected chi connectivity index (χ0v) is 14.5. The average molecular weight is 346 g/mol. The van der Waals surface area contributed by atoms with Gasteiger partial charge in [-0.15, -0.1) is 0 Å². The van der Waals surface area contributed by atoms with Gasteiger partial charge in [0.05, 0.1) is 19.9 Å². The van der Waals surface area contributed by atoms with Crippen molar-refractivity contribution in [3.63, 3.8) is 0 Å². The molecule has 0 spiro atoms. The lowest BCUT2D eigenvalue weighted by atomic mass is 10.1. The molecule has 0 unspecified atom stereocenters. The first-order valence-corrected chi connectivity index (χ1v) is 8.48. The van der Waals surface area contributed by atoms with E-state index in [2.05, 4.69) is 32.3 Å². The van der Waals surface area contributed by atoms with Gasteiger partial charge in [0.15, 0.2) is 0 Å². The van der Waals surface area contributed by atoms with Gasteiger partial charge in [0.1, 0.15) is 29.6 Å². The monoisotopic (exact) mass is 346 g/mol. The summed E-state index contributed by atoms with van der Waals surface area (Å²) in [6.45, 7) is 0.736. The van der Waals surface area contributed by atoms with Crippen molar-refractivity contribution < 1.29 is 14.4 Å². The van der Waals surface area contributed by atoms with Crippen molar-refractivity contribution in [3.8, 4) is 11.5 Å². The minimum absolute atomic E-state index is 0.282. The highest BCUT2D eigenvalue weighted by molar-refractivity contribution is 5.32.